The zero-order chi connectivity index (χ0) is 22.3. The molecule has 0 aliphatic carbocycles. The Labute approximate surface area is 188 Å². The quantitative estimate of drug-likeness (QED) is 0.613. The average Bonchev–Trinajstić information content (AvgIpc) is 3.26. The third-order valence-electron chi connectivity index (χ3n) is 5.71. The van der Waals surface area contributed by atoms with Crippen molar-refractivity contribution >= 4 is 11.8 Å². The van der Waals surface area contributed by atoms with Gasteiger partial charge in [-0.1, -0.05) is 48.5 Å². The van der Waals surface area contributed by atoms with Gasteiger partial charge in [-0.3, -0.25) is 9.59 Å². The second kappa shape index (κ2) is 10.2. The molecule has 3 aromatic rings. The van der Waals surface area contributed by atoms with Gasteiger partial charge in [-0.25, -0.2) is 0 Å². The standard InChI is InChI=1S/C26H28N2O4/c1-19-11-12-24(32-19)26(30)27-22-13-15-28(16-14-22)25(29)18-31-23-10-6-5-9-21(23)17-20-7-3-2-4-8-20/h2-12,22H,13-18H2,1H3,(H,27,30). The minimum atomic E-state index is -0.207. The highest BCUT2D eigenvalue weighted by Crippen LogP contribution is 2.22. The van der Waals surface area contributed by atoms with Gasteiger partial charge in [0, 0.05) is 25.6 Å². The van der Waals surface area contributed by atoms with Crippen molar-refractivity contribution in [1.82, 2.24) is 10.2 Å². The van der Waals surface area contributed by atoms with Crippen molar-refractivity contribution in [3.63, 3.8) is 0 Å². The van der Waals surface area contributed by atoms with Crippen LogP contribution < -0.4 is 10.1 Å². The van der Waals surface area contributed by atoms with Crippen LogP contribution in [0.1, 0.15) is 40.3 Å². The molecule has 2 aromatic carbocycles. The largest absolute Gasteiger partial charge is 0.483 e. The number of furan rings is 1. The van der Waals surface area contributed by atoms with Gasteiger partial charge in [0.25, 0.3) is 11.8 Å². The van der Waals surface area contributed by atoms with Crippen LogP contribution in [-0.2, 0) is 11.2 Å². The highest BCUT2D eigenvalue weighted by atomic mass is 16.5. The Hall–Kier alpha value is -3.54. The lowest BCUT2D eigenvalue weighted by molar-refractivity contribution is -0.134. The lowest BCUT2D eigenvalue weighted by atomic mass is 10.0. The van der Waals surface area contributed by atoms with Crippen LogP contribution in [0.25, 0.3) is 0 Å². The fourth-order valence-electron chi connectivity index (χ4n) is 3.92. The number of carbonyl (C=O) groups is 2. The van der Waals surface area contributed by atoms with Gasteiger partial charge in [0.2, 0.25) is 0 Å². The number of nitrogens with zero attached hydrogens (tertiary/aromatic N) is 1. The summed E-state index contributed by atoms with van der Waals surface area (Å²) < 4.78 is 11.3. The first-order chi connectivity index (χ1) is 15.6. The fraction of sp³-hybridized carbons (Fsp3) is 0.308. The number of amides is 2. The summed E-state index contributed by atoms with van der Waals surface area (Å²) in [5.74, 6) is 1.53. The Morgan fingerprint density at radius 3 is 2.44 bits per heavy atom. The summed E-state index contributed by atoms with van der Waals surface area (Å²) in [6.45, 7) is 3.00. The molecule has 1 aliphatic heterocycles. The first-order valence-corrected chi connectivity index (χ1v) is 11.0. The van der Waals surface area contributed by atoms with Gasteiger partial charge >= 0.3 is 0 Å². The number of benzene rings is 2. The molecule has 0 radical (unpaired) electrons. The highest BCUT2D eigenvalue weighted by Gasteiger charge is 2.25. The maximum atomic E-state index is 12.7. The SMILES string of the molecule is Cc1ccc(C(=O)NC2CCN(C(=O)COc3ccccc3Cc3ccccc3)CC2)o1. The van der Waals surface area contributed by atoms with Crippen molar-refractivity contribution in [2.24, 2.45) is 0 Å². The zero-order valence-electron chi connectivity index (χ0n) is 18.3. The number of piperidine rings is 1. The minimum absolute atomic E-state index is 0.00843. The number of rotatable bonds is 7. The molecule has 1 N–H and O–H groups in total. The van der Waals surface area contributed by atoms with Gasteiger partial charge in [0.15, 0.2) is 12.4 Å². The lowest BCUT2D eigenvalue weighted by Crippen LogP contribution is -2.47. The van der Waals surface area contributed by atoms with Crippen LogP contribution in [0, 0.1) is 6.92 Å². The Morgan fingerprint density at radius 2 is 1.72 bits per heavy atom. The molecule has 1 aromatic heterocycles. The van der Waals surface area contributed by atoms with E-state index in [0.29, 0.717) is 37.5 Å². The molecule has 2 amide bonds. The van der Waals surface area contributed by atoms with Gasteiger partial charge in [0.05, 0.1) is 0 Å². The van der Waals surface area contributed by atoms with Gasteiger partial charge in [-0.2, -0.15) is 0 Å². The number of hydrogen-bond acceptors (Lipinski definition) is 4. The Kier molecular flexibility index (Phi) is 6.90. The van der Waals surface area contributed by atoms with Crippen LogP contribution in [-0.4, -0.2) is 42.5 Å². The number of nitrogens with one attached hydrogen (secondary N) is 1. The molecule has 1 aliphatic rings. The molecule has 6 nitrogen and oxygen atoms in total. The number of para-hydroxylation sites is 1. The first-order valence-electron chi connectivity index (χ1n) is 11.0. The molecular formula is C26H28N2O4. The van der Waals surface area contributed by atoms with E-state index in [2.05, 4.69) is 17.4 Å². The van der Waals surface area contributed by atoms with Gasteiger partial charge < -0.3 is 19.4 Å². The normalized spacial score (nSPS) is 14.2. The van der Waals surface area contributed by atoms with Gasteiger partial charge in [-0.15, -0.1) is 0 Å². The summed E-state index contributed by atoms with van der Waals surface area (Å²) in [5, 5.41) is 2.99. The number of carbonyl (C=O) groups excluding carboxylic acids is 2. The maximum Gasteiger partial charge on any atom is 0.287 e. The van der Waals surface area contributed by atoms with Crippen LogP contribution >= 0.6 is 0 Å². The van der Waals surface area contributed by atoms with Gasteiger partial charge in [0.1, 0.15) is 11.5 Å². The van der Waals surface area contributed by atoms with E-state index < -0.39 is 0 Å². The second-order valence-electron chi connectivity index (χ2n) is 8.10. The molecule has 0 spiro atoms. The fourth-order valence-corrected chi connectivity index (χ4v) is 3.92. The van der Waals surface area contributed by atoms with Crippen LogP contribution in [0.5, 0.6) is 5.75 Å². The molecule has 32 heavy (non-hydrogen) atoms. The average molecular weight is 433 g/mol. The number of aryl methyl sites for hydroxylation is 1. The summed E-state index contributed by atoms with van der Waals surface area (Å²) in [6.07, 6.45) is 2.18. The third-order valence-corrected chi connectivity index (χ3v) is 5.71. The summed E-state index contributed by atoms with van der Waals surface area (Å²) in [7, 11) is 0. The monoisotopic (exact) mass is 432 g/mol. The lowest BCUT2D eigenvalue weighted by Gasteiger charge is -2.32. The maximum absolute atomic E-state index is 12.7. The van der Waals surface area contributed by atoms with E-state index in [1.165, 1.54) is 5.56 Å². The first kappa shape index (κ1) is 21.7. The Balaban J connectivity index is 1.26. The van der Waals surface area contributed by atoms with Crippen LogP contribution in [0.2, 0.25) is 0 Å². The number of hydrogen-bond donors (Lipinski definition) is 1. The van der Waals surface area contributed by atoms with E-state index in [4.69, 9.17) is 9.15 Å². The predicted octanol–water partition coefficient (Wildman–Crippen LogP) is 3.98. The second-order valence-corrected chi connectivity index (χ2v) is 8.10. The molecule has 1 fully saturated rings. The summed E-state index contributed by atoms with van der Waals surface area (Å²) in [5.41, 5.74) is 2.25. The summed E-state index contributed by atoms with van der Waals surface area (Å²) in [6, 6.07) is 21.5. The van der Waals surface area contributed by atoms with Crippen molar-refractivity contribution < 1.29 is 18.7 Å². The topological polar surface area (TPSA) is 71.8 Å². The molecule has 2 heterocycles. The van der Waals surface area contributed by atoms with Crippen LogP contribution in [0.15, 0.2) is 71.1 Å². The van der Waals surface area contributed by atoms with Gasteiger partial charge in [-0.05, 0) is 49.1 Å². The summed E-state index contributed by atoms with van der Waals surface area (Å²) in [4.78, 5) is 26.8. The Morgan fingerprint density at radius 1 is 1.00 bits per heavy atom. The van der Waals surface area contributed by atoms with Crippen molar-refractivity contribution in [2.45, 2.75) is 32.2 Å². The molecular weight excluding hydrogens is 404 g/mol. The molecule has 4 rings (SSSR count). The van der Waals surface area contributed by atoms with E-state index in [-0.39, 0.29) is 24.5 Å². The van der Waals surface area contributed by atoms with Crippen molar-refractivity contribution in [3.05, 3.63) is 89.4 Å². The number of ether oxygens (including phenoxy) is 1. The highest BCUT2D eigenvalue weighted by molar-refractivity contribution is 5.91. The smallest absolute Gasteiger partial charge is 0.287 e. The molecule has 0 bridgehead atoms. The van der Waals surface area contributed by atoms with Crippen molar-refractivity contribution in [2.75, 3.05) is 19.7 Å². The molecule has 0 unspecified atom stereocenters. The van der Waals surface area contributed by atoms with E-state index in [9.17, 15) is 9.59 Å². The zero-order valence-corrected chi connectivity index (χ0v) is 18.3. The Bertz CT molecular complexity index is 1050. The predicted molar refractivity (Wildman–Crippen MR) is 122 cm³/mol. The third kappa shape index (κ3) is 5.58. The van der Waals surface area contributed by atoms with E-state index >= 15 is 0 Å². The molecule has 6 heteroatoms. The van der Waals surface area contributed by atoms with Crippen molar-refractivity contribution in [1.29, 1.82) is 0 Å². The molecule has 0 atom stereocenters. The molecule has 166 valence electrons. The van der Waals surface area contributed by atoms with E-state index in [1.54, 1.807) is 17.0 Å². The van der Waals surface area contributed by atoms with Crippen LogP contribution in [0.3, 0.4) is 0 Å². The molecule has 1 saturated heterocycles. The van der Waals surface area contributed by atoms with Crippen molar-refractivity contribution in [3.8, 4) is 5.75 Å². The summed E-state index contributed by atoms with van der Waals surface area (Å²) >= 11 is 0. The number of likely N-dealkylation sites (tertiary alicyclic amines) is 1. The van der Waals surface area contributed by atoms with E-state index in [1.807, 2.05) is 49.4 Å². The molecule has 0 saturated carbocycles. The minimum Gasteiger partial charge on any atom is -0.483 e. The van der Waals surface area contributed by atoms with E-state index in [0.717, 1.165) is 17.7 Å². The van der Waals surface area contributed by atoms with Crippen LogP contribution in [0.4, 0.5) is 0 Å².